The van der Waals surface area contributed by atoms with E-state index >= 15 is 0 Å². The van der Waals surface area contributed by atoms with Crippen LogP contribution in [0.15, 0.2) is 59.9 Å². The van der Waals surface area contributed by atoms with Crippen LogP contribution in [0.25, 0.3) is 5.57 Å². The van der Waals surface area contributed by atoms with E-state index in [1.807, 2.05) is 17.5 Å². The van der Waals surface area contributed by atoms with Crippen LogP contribution in [0.3, 0.4) is 0 Å². The van der Waals surface area contributed by atoms with Crippen LogP contribution in [-0.2, 0) is 33.4 Å². The standard InChI is InChI=1S/C46H57F3N4O13S2Si2/c1-60-37-21-31-33(52(27-62-14-17-69(3,4)5)44(56)35-19-29(25-50(35)42(31)54)41-11-9-16-67-41)23-39(37)64-12-10-13-65-40-24-34-32(22-38(40)61-2)43(55)51-26-30(66-68(58,59)46(47,48)49)20-36(51)45(57)53(34)28-63-15-18-70(6,7)8/h9,11,16,21-26,35-36H,10,12-15,17-20,27-28H2,1-8H3/t35-,36-/m0/s1. The number of thiophene rings is 1. The fraction of sp³-hybridized carbons (Fsp3) is 0.478. The Morgan fingerprint density at radius 3 is 1.61 bits per heavy atom. The second-order valence-electron chi connectivity index (χ2n) is 19.4. The van der Waals surface area contributed by atoms with E-state index in [-0.39, 0.29) is 91.3 Å². The molecule has 17 nitrogen and oxygen atoms in total. The summed E-state index contributed by atoms with van der Waals surface area (Å²) in [6.45, 7) is 13.5. The molecular formula is C46H57F3N4O13S2Si2. The van der Waals surface area contributed by atoms with Crippen LogP contribution in [0.2, 0.25) is 51.4 Å². The molecule has 5 heterocycles. The zero-order valence-corrected chi connectivity index (χ0v) is 43.8. The molecule has 0 N–H and O–H groups in total. The second kappa shape index (κ2) is 20.7. The third-order valence-electron chi connectivity index (χ3n) is 11.8. The molecule has 0 saturated heterocycles. The van der Waals surface area contributed by atoms with E-state index in [9.17, 15) is 40.8 Å². The first kappa shape index (κ1) is 52.4. The predicted molar refractivity (Wildman–Crippen MR) is 260 cm³/mol. The summed E-state index contributed by atoms with van der Waals surface area (Å²) < 4.78 is 104. The average molecular weight is 1050 g/mol. The number of alkyl halides is 3. The topological polar surface area (TPSA) is 180 Å². The molecule has 0 aliphatic carbocycles. The lowest BCUT2D eigenvalue weighted by molar-refractivity contribution is -0.123. The van der Waals surface area contributed by atoms with Gasteiger partial charge in [0.2, 0.25) is 0 Å². The maximum atomic E-state index is 14.4. The van der Waals surface area contributed by atoms with Gasteiger partial charge >= 0.3 is 15.6 Å². The summed E-state index contributed by atoms with van der Waals surface area (Å²) in [5, 5.41) is 1.95. The van der Waals surface area contributed by atoms with Crippen molar-refractivity contribution in [3.05, 3.63) is 75.9 Å². The third kappa shape index (κ3) is 11.5. The molecule has 0 fully saturated rings. The van der Waals surface area contributed by atoms with Gasteiger partial charge < -0.3 is 37.5 Å². The molecule has 4 amide bonds. The molecule has 70 heavy (non-hydrogen) atoms. The first-order valence-corrected chi connectivity index (χ1v) is 32.2. The summed E-state index contributed by atoms with van der Waals surface area (Å²) in [5.74, 6) is -2.30. The lowest BCUT2D eigenvalue weighted by Crippen LogP contribution is -2.45. The van der Waals surface area contributed by atoms with Crippen molar-refractivity contribution in [2.45, 2.75) is 88.2 Å². The van der Waals surface area contributed by atoms with Crippen molar-refractivity contribution in [2.75, 3.05) is 63.9 Å². The summed E-state index contributed by atoms with van der Waals surface area (Å²) in [4.78, 5) is 63.0. The molecule has 24 heteroatoms. The number of methoxy groups -OCH3 is 2. The highest BCUT2D eigenvalue weighted by Crippen LogP contribution is 2.44. The smallest absolute Gasteiger partial charge is 0.493 e. The summed E-state index contributed by atoms with van der Waals surface area (Å²) >= 11 is 1.53. The van der Waals surface area contributed by atoms with Gasteiger partial charge in [-0.25, -0.2) is 0 Å². The van der Waals surface area contributed by atoms with Crippen molar-refractivity contribution in [1.82, 2.24) is 9.80 Å². The van der Waals surface area contributed by atoms with Gasteiger partial charge in [-0.1, -0.05) is 45.3 Å². The lowest BCUT2D eigenvalue weighted by Gasteiger charge is -2.27. The van der Waals surface area contributed by atoms with Gasteiger partial charge in [0.25, 0.3) is 23.6 Å². The number of amides is 4. The highest BCUT2D eigenvalue weighted by molar-refractivity contribution is 7.87. The van der Waals surface area contributed by atoms with E-state index in [0.29, 0.717) is 18.7 Å². The van der Waals surface area contributed by atoms with Crippen LogP contribution in [-0.4, -0.2) is 130 Å². The minimum atomic E-state index is -6.09. The lowest BCUT2D eigenvalue weighted by atomic mass is 10.1. The van der Waals surface area contributed by atoms with E-state index in [1.54, 1.807) is 18.3 Å². The zero-order valence-electron chi connectivity index (χ0n) is 40.2. The number of ether oxygens (including phenoxy) is 6. The van der Waals surface area contributed by atoms with Crippen molar-refractivity contribution in [2.24, 2.45) is 0 Å². The van der Waals surface area contributed by atoms with Crippen molar-refractivity contribution >= 4 is 78.2 Å². The molecule has 1 aromatic heterocycles. The van der Waals surface area contributed by atoms with Crippen LogP contribution in [0, 0.1) is 0 Å². The third-order valence-corrected chi connectivity index (χ3v) is 17.2. The first-order chi connectivity index (χ1) is 32.9. The van der Waals surface area contributed by atoms with E-state index in [2.05, 4.69) is 43.5 Å². The Morgan fingerprint density at radius 1 is 0.686 bits per heavy atom. The number of fused-ring (bicyclic) bond motifs is 4. The molecule has 2 aromatic carbocycles. The quantitative estimate of drug-likeness (QED) is 0.0433. The monoisotopic (exact) mass is 1050 g/mol. The van der Waals surface area contributed by atoms with Gasteiger partial charge in [0.1, 0.15) is 31.3 Å². The van der Waals surface area contributed by atoms with E-state index in [4.69, 9.17) is 28.4 Å². The van der Waals surface area contributed by atoms with Gasteiger partial charge in [0.05, 0.1) is 49.9 Å². The summed E-state index contributed by atoms with van der Waals surface area (Å²) in [5.41, 5.74) is -4.34. The number of halogens is 3. The maximum absolute atomic E-state index is 14.4. The Hall–Kier alpha value is -5.41. The van der Waals surface area contributed by atoms with Crippen molar-refractivity contribution in [3.63, 3.8) is 0 Å². The molecule has 0 bridgehead atoms. The molecule has 0 saturated carbocycles. The minimum absolute atomic E-state index is 0.0203. The molecule has 4 aliphatic heterocycles. The summed E-state index contributed by atoms with van der Waals surface area (Å²) in [7, 11) is -6.37. The largest absolute Gasteiger partial charge is 0.534 e. The van der Waals surface area contributed by atoms with Crippen LogP contribution in [0.5, 0.6) is 23.0 Å². The summed E-state index contributed by atoms with van der Waals surface area (Å²) in [6.07, 6.45) is 2.47. The zero-order chi connectivity index (χ0) is 50.9. The number of rotatable bonds is 21. The fourth-order valence-corrected chi connectivity index (χ4v) is 10.7. The van der Waals surface area contributed by atoms with Gasteiger partial charge in [-0.3, -0.25) is 33.9 Å². The molecule has 7 rings (SSSR count). The minimum Gasteiger partial charge on any atom is -0.493 e. The Balaban J connectivity index is 1.11. The molecule has 0 unspecified atom stereocenters. The van der Waals surface area contributed by atoms with E-state index in [1.165, 1.54) is 47.5 Å². The van der Waals surface area contributed by atoms with Gasteiger partial charge in [0.15, 0.2) is 23.0 Å². The number of carbonyl (C=O) groups excluding carboxylic acids is 4. The van der Waals surface area contributed by atoms with Gasteiger partial charge in [-0.2, -0.15) is 21.6 Å². The van der Waals surface area contributed by atoms with Gasteiger partial charge in [0, 0.05) is 78.0 Å². The van der Waals surface area contributed by atoms with Crippen molar-refractivity contribution in [3.8, 4) is 23.0 Å². The highest BCUT2D eigenvalue weighted by Gasteiger charge is 2.51. The highest BCUT2D eigenvalue weighted by atomic mass is 32.2. The predicted octanol–water partition coefficient (Wildman–Crippen LogP) is 8.11. The SMILES string of the molecule is COc1cc2c(cc1OCCCOc1cc3c(cc1OC)C(=O)N1C=C(c4cccs4)C[C@H]1C(=O)N3COCC[Si](C)(C)C)N(COCC[Si](C)(C)C)C(=O)[C@@H]1CC(OS(=O)(=O)C(F)(F)F)=CN1C2=O. The number of benzene rings is 2. The Morgan fingerprint density at radius 2 is 1.17 bits per heavy atom. The molecular weight excluding hydrogens is 994 g/mol. The average Bonchev–Trinajstić information content (AvgIpc) is 4.06. The number of anilines is 2. The maximum Gasteiger partial charge on any atom is 0.534 e. The number of hydrogen-bond donors (Lipinski definition) is 0. The Kier molecular flexibility index (Phi) is 15.5. The van der Waals surface area contributed by atoms with Crippen molar-refractivity contribution in [1.29, 1.82) is 0 Å². The van der Waals surface area contributed by atoms with Gasteiger partial charge in [-0.05, 0) is 41.2 Å². The molecule has 2 atom stereocenters. The van der Waals surface area contributed by atoms with Crippen LogP contribution < -0.4 is 28.7 Å². The van der Waals surface area contributed by atoms with Crippen LogP contribution in [0.4, 0.5) is 24.5 Å². The first-order valence-electron chi connectivity index (χ1n) is 22.5. The number of carbonyl (C=O) groups is 4. The second-order valence-corrected chi connectivity index (χ2v) is 33.1. The molecule has 0 radical (unpaired) electrons. The number of hydrogen-bond acceptors (Lipinski definition) is 14. The molecule has 3 aromatic rings. The van der Waals surface area contributed by atoms with Crippen LogP contribution >= 0.6 is 11.3 Å². The Bertz CT molecular complexity index is 2670. The Labute approximate surface area is 410 Å². The van der Waals surface area contributed by atoms with E-state index in [0.717, 1.165) is 38.5 Å². The fourth-order valence-electron chi connectivity index (χ4n) is 7.95. The normalized spacial score (nSPS) is 18.4. The van der Waals surface area contributed by atoms with Gasteiger partial charge in [-0.15, -0.1) is 11.3 Å². The molecule has 4 aliphatic rings. The van der Waals surface area contributed by atoms with Crippen molar-refractivity contribution < 1.29 is 73.4 Å². The number of nitrogens with zero attached hydrogens (tertiary/aromatic N) is 4. The molecule has 0 spiro atoms. The van der Waals surface area contributed by atoms with E-state index < -0.39 is 67.9 Å². The summed E-state index contributed by atoms with van der Waals surface area (Å²) in [6, 6.07) is 9.16. The molecule has 380 valence electrons. The van der Waals surface area contributed by atoms with Crippen LogP contribution in [0.1, 0.15) is 44.9 Å².